The van der Waals surface area contributed by atoms with Gasteiger partial charge in [0.15, 0.2) is 0 Å². The molecule has 20 heavy (non-hydrogen) atoms. The second-order valence-corrected chi connectivity index (χ2v) is 7.27. The summed E-state index contributed by atoms with van der Waals surface area (Å²) < 4.78 is 31.9. The third-order valence-electron chi connectivity index (χ3n) is 3.61. The summed E-state index contributed by atoms with van der Waals surface area (Å²) in [5.41, 5.74) is 6.38. The molecule has 1 atom stereocenters. The average molecular weight is 298 g/mol. The second kappa shape index (κ2) is 6.67. The Hall–Kier alpha value is -0.950. The van der Waals surface area contributed by atoms with Gasteiger partial charge in [0.25, 0.3) is 0 Å². The molecule has 0 radical (unpaired) electrons. The molecule has 0 spiro atoms. The largest absolute Gasteiger partial charge is 0.381 e. The Morgan fingerprint density at radius 2 is 2.25 bits per heavy atom. The van der Waals surface area contributed by atoms with Gasteiger partial charge in [0.05, 0.1) is 11.5 Å². The lowest BCUT2D eigenvalue weighted by Crippen LogP contribution is -2.35. The molecule has 0 aliphatic carbocycles. The van der Waals surface area contributed by atoms with Gasteiger partial charge in [0, 0.05) is 26.7 Å². The lowest BCUT2D eigenvalue weighted by molar-refractivity contribution is 0.0495. The maximum absolute atomic E-state index is 12.5. The molecule has 0 amide bonds. The summed E-state index contributed by atoms with van der Waals surface area (Å²) in [5, 5.41) is 0. The number of rotatable bonds is 5. The second-order valence-electron chi connectivity index (χ2n) is 5.22. The van der Waals surface area contributed by atoms with E-state index in [0.29, 0.717) is 24.6 Å². The van der Waals surface area contributed by atoms with Crippen molar-refractivity contribution in [3.63, 3.8) is 0 Å². The van der Waals surface area contributed by atoms with Gasteiger partial charge in [-0.15, -0.1) is 0 Å². The number of hydrogen-bond acceptors (Lipinski definition) is 4. The molecule has 1 aliphatic rings. The number of sulfonamides is 1. The van der Waals surface area contributed by atoms with Gasteiger partial charge in [-0.3, -0.25) is 0 Å². The summed E-state index contributed by atoms with van der Waals surface area (Å²) >= 11 is 0. The van der Waals surface area contributed by atoms with Crippen LogP contribution >= 0.6 is 0 Å². The molecule has 5 nitrogen and oxygen atoms in total. The van der Waals surface area contributed by atoms with Gasteiger partial charge in [0.2, 0.25) is 10.0 Å². The normalized spacial score (nSPS) is 20.2. The minimum absolute atomic E-state index is 0.279. The highest BCUT2D eigenvalue weighted by Gasteiger charge is 2.25. The van der Waals surface area contributed by atoms with Crippen molar-refractivity contribution in [3.8, 4) is 0 Å². The van der Waals surface area contributed by atoms with Crippen LogP contribution in [0, 0.1) is 5.92 Å². The van der Waals surface area contributed by atoms with E-state index in [-0.39, 0.29) is 5.92 Å². The molecule has 0 aromatic heterocycles. The third kappa shape index (κ3) is 3.58. The molecule has 1 heterocycles. The third-order valence-corrected chi connectivity index (χ3v) is 5.43. The SMILES string of the molecule is CN(CC1CCCOC1)S(=O)(=O)c1cccc(CN)c1. The fourth-order valence-electron chi connectivity index (χ4n) is 2.43. The van der Waals surface area contributed by atoms with Gasteiger partial charge in [0.1, 0.15) is 0 Å². The van der Waals surface area contributed by atoms with Crippen molar-refractivity contribution in [3.05, 3.63) is 29.8 Å². The summed E-state index contributed by atoms with van der Waals surface area (Å²) in [6.07, 6.45) is 2.02. The van der Waals surface area contributed by atoms with Crippen LogP contribution in [0.2, 0.25) is 0 Å². The summed E-state index contributed by atoms with van der Waals surface area (Å²) in [4.78, 5) is 0.305. The highest BCUT2D eigenvalue weighted by atomic mass is 32.2. The van der Waals surface area contributed by atoms with Gasteiger partial charge in [-0.05, 0) is 36.5 Å². The van der Waals surface area contributed by atoms with Crippen molar-refractivity contribution in [1.29, 1.82) is 0 Å². The lowest BCUT2D eigenvalue weighted by Gasteiger charge is -2.26. The molecule has 2 N–H and O–H groups in total. The Morgan fingerprint density at radius 3 is 2.90 bits per heavy atom. The monoisotopic (exact) mass is 298 g/mol. The first kappa shape index (κ1) is 15.4. The van der Waals surface area contributed by atoms with E-state index in [1.165, 1.54) is 4.31 Å². The zero-order valence-corrected chi connectivity index (χ0v) is 12.6. The van der Waals surface area contributed by atoms with Crippen LogP contribution in [0.1, 0.15) is 18.4 Å². The maximum atomic E-state index is 12.5. The van der Waals surface area contributed by atoms with E-state index in [4.69, 9.17) is 10.5 Å². The number of hydrogen-bond donors (Lipinski definition) is 1. The van der Waals surface area contributed by atoms with Gasteiger partial charge in [-0.25, -0.2) is 12.7 Å². The van der Waals surface area contributed by atoms with E-state index in [9.17, 15) is 8.42 Å². The van der Waals surface area contributed by atoms with Crippen molar-refractivity contribution < 1.29 is 13.2 Å². The first-order valence-electron chi connectivity index (χ1n) is 6.87. The summed E-state index contributed by atoms with van der Waals surface area (Å²) in [6, 6.07) is 6.81. The topological polar surface area (TPSA) is 72.6 Å². The van der Waals surface area contributed by atoms with E-state index in [1.807, 2.05) is 6.07 Å². The smallest absolute Gasteiger partial charge is 0.242 e. The molecule has 0 saturated carbocycles. The molecule has 1 aromatic carbocycles. The fraction of sp³-hybridized carbons (Fsp3) is 0.571. The van der Waals surface area contributed by atoms with Crippen LogP contribution < -0.4 is 5.73 Å². The Kier molecular flexibility index (Phi) is 5.15. The summed E-state index contributed by atoms with van der Waals surface area (Å²) in [6.45, 7) is 2.26. The number of benzene rings is 1. The van der Waals surface area contributed by atoms with Crippen molar-refractivity contribution >= 4 is 10.0 Å². The molecule has 1 fully saturated rings. The Morgan fingerprint density at radius 1 is 1.45 bits per heavy atom. The van der Waals surface area contributed by atoms with Crippen molar-refractivity contribution in [2.24, 2.45) is 11.7 Å². The van der Waals surface area contributed by atoms with Crippen LogP contribution in [0.3, 0.4) is 0 Å². The minimum Gasteiger partial charge on any atom is -0.381 e. The molecule has 1 aliphatic heterocycles. The first-order valence-corrected chi connectivity index (χ1v) is 8.31. The van der Waals surface area contributed by atoms with Gasteiger partial charge < -0.3 is 10.5 Å². The van der Waals surface area contributed by atoms with E-state index < -0.39 is 10.0 Å². The fourth-order valence-corrected chi connectivity index (χ4v) is 3.74. The number of nitrogens with two attached hydrogens (primary N) is 1. The molecule has 0 bridgehead atoms. The Bertz CT molecular complexity index is 539. The average Bonchev–Trinajstić information content (AvgIpc) is 2.48. The van der Waals surface area contributed by atoms with Crippen LogP contribution in [-0.4, -0.2) is 39.5 Å². The van der Waals surface area contributed by atoms with Gasteiger partial charge in [-0.1, -0.05) is 12.1 Å². The van der Waals surface area contributed by atoms with E-state index >= 15 is 0 Å². The molecular weight excluding hydrogens is 276 g/mol. The zero-order valence-electron chi connectivity index (χ0n) is 11.8. The van der Waals surface area contributed by atoms with Crippen LogP contribution in [0.4, 0.5) is 0 Å². The molecule has 1 saturated heterocycles. The predicted molar refractivity (Wildman–Crippen MR) is 77.7 cm³/mol. The van der Waals surface area contributed by atoms with Gasteiger partial charge >= 0.3 is 0 Å². The van der Waals surface area contributed by atoms with Crippen LogP contribution in [-0.2, 0) is 21.3 Å². The van der Waals surface area contributed by atoms with Crippen LogP contribution in [0.25, 0.3) is 0 Å². The van der Waals surface area contributed by atoms with Crippen molar-refractivity contribution in [2.75, 3.05) is 26.8 Å². The number of nitrogens with zero attached hydrogens (tertiary/aromatic N) is 1. The summed E-state index contributed by atoms with van der Waals surface area (Å²) in [5.74, 6) is 0.279. The van der Waals surface area contributed by atoms with E-state index in [0.717, 1.165) is 25.0 Å². The Labute approximate surface area is 120 Å². The van der Waals surface area contributed by atoms with Crippen molar-refractivity contribution in [2.45, 2.75) is 24.3 Å². The zero-order chi connectivity index (χ0) is 14.6. The van der Waals surface area contributed by atoms with E-state index in [2.05, 4.69) is 0 Å². The number of ether oxygens (including phenoxy) is 1. The Balaban J connectivity index is 2.11. The van der Waals surface area contributed by atoms with E-state index in [1.54, 1.807) is 25.2 Å². The highest BCUT2D eigenvalue weighted by molar-refractivity contribution is 7.89. The molecule has 112 valence electrons. The predicted octanol–water partition coefficient (Wildman–Crippen LogP) is 1.19. The first-order chi connectivity index (χ1) is 9.54. The lowest BCUT2D eigenvalue weighted by atomic mass is 10.0. The van der Waals surface area contributed by atoms with Crippen molar-refractivity contribution in [1.82, 2.24) is 4.31 Å². The summed E-state index contributed by atoms with van der Waals surface area (Å²) in [7, 11) is -1.82. The molecule has 2 rings (SSSR count). The quantitative estimate of drug-likeness (QED) is 0.886. The maximum Gasteiger partial charge on any atom is 0.242 e. The van der Waals surface area contributed by atoms with Crippen LogP contribution in [0.5, 0.6) is 0 Å². The molecule has 1 unspecified atom stereocenters. The molecule has 6 heteroatoms. The molecular formula is C14H22N2O3S. The standard InChI is InChI=1S/C14H22N2O3S/c1-16(10-13-5-3-7-19-11-13)20(17,18)14-6-2-4-12(8-14)9-15/h2,4,6,8,13H,3,5,7,9-11,15H2,1H3. The highest BCUT2D eigenvalue weighted by Crippen LogP contribution is 2.20. The minimum atomic E-state index is -3.45. The van der Waals surface area contributed by atoms with Gasteiger partial charge in [-0.2, -0.15) is 0 Å². The molecule has 1 aromatic rings. The van der Waals surface area contributed by atoms with Crippen LogP contribution in [0.15, 0.2) is 29.2 Å².